The molecule has 0 saturated heterocycles. The fourth-order valence-electron chi connectivity index (χ4n) is 1.73. The van der Waals surface area contributed by atoms with Crippen molar-refractivity contribution >= 4 is 17.4 Å². The summed E-state index contributed by atoms with van der Waals surface area (Å²) >= 11 is 6.01. The third-order valence-electron chi connectivity index (χ3n) is 2.78. The summed E-state index contributed by atoms with van der Waals surface area (Å²) < 4.78 is 4.96. The molecule has 0 aliphatic carbocycles. The Hall–Kier alpha value is -1.92. The van der Waals surface area contributed by atoms with Gasteiger partial charge in [0.05, 0.1) is 13.3 Å². The van der Waals surface area contributed by atoms with E-state index in [2.05, 4.69) is 25.6 Å². The first-order chi connectivity index (χ1) is 10.3. The summed E-state index contributed by atoms with van der Waals surface area (Å²) in [4.78, 5) is 12.1. The van der Waals surface area contributed by atoms with Gasteiger partial charge in [0.25, 0.3) is 0 Å². The lowest BCUT2D eigenvalue weighted by Gasteiger charge is -2.08. The van der Waals surface area contributed by atoms with E-state index in [1.54, 1.807) is 6.20 Å². The second-order valence-electron chi connectivity index (χ2n) is 4.37. The van der Waals surface area contributed by atoms with E-state index in [1.807, 2.05) is 18.3 Å². The average molecular weight is 308 g/mol. The van der Waals surface area contributed by atoms with Crippen LogP contribution in [-0.4, -0.2) is 35.2 Å². The summed E-state index contributed by atoms with van der Waals surface area (Å²) in [6.07, 6.45) is 6.10. The van der Waals surface area contributed by atoms with Crippen LogP contribution in [0.15, 0.2) is 30.7 Å². The highest BCUT2D eigenvalue weighted by Crippen LogP contribution is 2.19. The van der Waals surface area contributed by atoms with Crippen molar-refractivity contribution in [1.29, 1.82) is 0 Å². The highest BCUT2D eigenvalue weighted by Gasteiger charge is 2.04. The van der Waals surface area contributed by atoms with Gasteiger partial charge < -0.3 is 15.4 Å². The standard InChI is InChI=1S/C14H18ClN5O/c1-21-14-19-10-12(15)13(20-14)18-7-3-6-17-9-11-4-2-5-16-8-11/h2,4-5,8,10,17H,3,6-7,9H2,1H3,(H,18,19,20). The predicted molar refractivity (Wildman–Crippen MR) is 82.6 cm³/mol. The number of ether oxygens (including phenoxy) is 1. The number of anilines is 1. The molecule has 2 heterocycles. The van der Waals surface area contributed by atoms with Gasteiger partial charge in [-0.25, -0.2) is 4.98 Å². The topological polar surface area (TPSA) is 72.0 Å². The molecule has 0 spiro atoms. The lowest BCUT2D eigenvalue weighted by atomic mass is 10.3. The second-order valence-corrected chi connectivity index (χ2v) is 4.78. The van der Waals surface area contributed by atoms with Gasteiger partial charge in [-0.2, -0.15) is 4.98 Å². The molecule has 0 aromatic carbocycles. The van der Waals surface area contributed by atoms with Crippen LogP contribution >= 0.6 is 11.6 Å². The molecule has 0 aliphatic rings. The number of pyridine rings is 1. The van der Waals surface area contributed by atoms with Crippen molar-refractivity contribution in [3.63, 3.8) is 0 Å². The monoisotopic (exact) mass is 307 g/mol. The fraction of sp³-hybridized carbons (Fsp3) is 0.357. The number of nitrogens with zero attached hydrogens (tertiary/aromatic N) is 3. The summed E-state index contributed by atoms with van der Waals surface area (Å²) in [6.45, 7) is 2.47. The van der Waals surface area contributed by atoms with Crippen molar-refractivity contribution in [2.75, 3.05) is 25.5 Å². The van der Waals surface area contributed by atoms with E-state index in [-0.39, 0.29) is 0 Å². The van der Waals surface area contributed by atoms with Crippen LogP contribution in [0.5, 0.6) is 6.01 Å². The molecule has 0 amide bonds. The number of hydrogen-bond donors (Lipinski definition) is 2. The first-order valence-corrected chi connectivity index (χ1v) is 7.07. The molecule has 0 fully saturated rings. The number of hydrogen-bond acceptors (Lipinski definition) is 6. The maximum absolute atomic E-state index is 6.01. The van der Waals surface area contributed by atoms with Crippen LogP contribution < -0.4 is 15.4 Å². The first kappa shape index (κ1) is 15.5. The van der Waals surface area contributed by atoms with Gasteiger partial charge in [0.1, 0.15) is 5.02 Å². The fourth-order valence-corrected chi connectivity index (χ4v) is 1.89. The Morgan fingerprint density at radius 1 is 1.29 bits per heavy atom. The largest absolute Gasteiger partial charge is 0.467 e. The van der Waals surface area contributed by atoms with Crippen molar-refractivity contribution in [3.05, 3.63) is 41.3 Å². The number of methoxy groups -OCH3 is 1. The Labute approximate surface area is 128 Å². The van der Waals surface area contributed by atoms with Crippen molar-refractivity contribution in [3.8, 4) is 6.01 Å². The van der Waals surface area contributed by atoms with Crippen molar-refractivity contribution in [1.82, 2.24) is 20.3 Å². The van der Waals surface area contributed by atoms with Gasteiger partial charge in [0, 0.05) is 25.5 Å². The molecule has 6 nitrogen and oxygen atoms in total. The summed E-state index contributed by atoms with van der Waals surface area (Å²) in [5.74, 6) is 0.593. The average Bonchev–Trinajstić information content (AvgIpc) is 2.53. The van der Waals surface area contributed by atoms with Gasteiger partial charge in [0.2, 0.25) is 0 Å². The Balaban J connectivity index is 1.66. The summed E-state index contributed by atoms with van der Waals surface area (Å²) in [7, 11) is 1.52. The lowest BCUT2D eigenvalue weighted by molar-refractivity contribution is 0.380. The van der Waals surface area contributed by atoms with Crippen LogP contribution in [0.3, 0.4) is 0 Å². The predicted octanol–water partition coefficient (Wildman–Crippen LogP) is 2.13. The van der Waals surface area contributed by atoms with E-state index in [0.29, 0.717) is 16.9 Å². The summed E-state index contributed by atoms with van der Waals surface area (Å²) in [6, 6.07) is 4.28. The van der Waals surface area contributed by atoms with E-state index in [1.165, 1.54) is 18.9 Å². The molecule has 2 aromatic rings. The lowest BCUT2D eigenvalue weighted by Crippen LogP contribution is -2.18. The van der Waals surface area contributed by atoms with Gasteiger partial charge in [-0.3, -0.25) is 4.98 Å². The maximum atomic E-state index is 6.01. The molecule has 21 heavy (non-hydrogen) atoms. The molecule has 112 valence electrons. The maximum Gasteiger partial charge on any atom is 0.318 e. The molecule has 0 unspecified atom stereocenters. The van der Waals surface area contributed by atoms with Crippen LogP contribution in [0, 0.1) is 0 Å². The molecule has 7 heteroatoms. The Bertz CT molecular complexity index is 552. The molecule has 2 N–H and O–H groups in total. The molecule has 0 atom stereocenters. The van der Waals surface area contributed by atoms with Crippen LogP contribution in [0.2, 0.25) is 5.02 Å². The zero-order valence-electron chi connectivity index (χ0n) is 11.8. The highest BCUT2D eigenvalue weighted by molar-refractivity contribution is 6.32. The quantitative estimate of drug-likeness (QED) is 0.728. The van der Waals surface area contributed by atoms with Gasteiger partial charge in [-0.1, -0.05) is 17.7 Å². The Kier molecular flexibility index (Phi) is 6.18. The molecule has 0 radical (unpaired) electrons. The second kappa shape index (κ2) is 8.39. The number of nitrogens with one attached hydrogen (secondary N) is 2. The summed E-state index contributed by atoms with van der Waals surface area (Å²) in [5, 5.41) is 7.01. The SMILES string of the molecule is COc1ncc(Cl)c(NCCCNCc2cccnc2)n1. The van der Waals surface area contributed by atoms with Crippen molar-refractivity contribution < 1.29 is 4.74 Å². The van der Waals surface area contributed by atoms with Gasteiger partial charge in [-0.15, -0.1) is 0 Å². The van der Waals surface area contributed by atoms with E-state index >= 15 is 0 Å². The molecule has 2 rings (SSSR count). The van der Waals surface area contributed by atoms with Crippen LogP contribution in [0.4, 0.5) is 5.82 Å². The van der Waals surface area contributed by atoms with E-state index in [9.17, 15) is 0 Å². The molecule has 0 bridgehead atoms. The Morgan fingerprint density at radius 2 is 2.19 bits per heavy atom. The smallest absolute Gasteiger partial charge is 0.318 e. The molecule has 0 saturated carbocycles. The molecule has 0 aliphatic heterocycles. The van der Waals surface area contributed by atoms with Gasteiger partial charge in [-0.05, 0) is 24.6 Å². The molecular formula is C14H18ClN5O. The minimum absolute atomic E-state index is 0.302. The Morgan fingerprint density at radius 3 is 2.95 bits per heavy atom. The minimum atomic E-state index is 0.302. The number of aromatic nitrogens is 3. The van der Waals surface area contributed by atoms with Crippen molar-refractivity contribution in [2.24, 2.45) is 0 Å². The van der Waals surface area contributed by atoms with Crippen molar-refractivity contribution in [2.45, 2.75) is 13.0 Å². The van der Waals surface area contributed by atoms with Crippen LogP contribution in [-0.2, 0) is 6.54 Å². The number of halogens is 1. The van der Waals surface area contributed by atoms with Crippen LogP contribution in [0.1, 0.15) is 12.0 Å². The number of rotatable bonds is 8. The normalized spacial score (nSPS) is 10.4. The van der Waals surface area contributed by atoms with E-state index < -0.39 is 0 Å². The third kappa shape index (κ3) is 5.17. The van der Waals surface area contributed by atoms with Gasteiger partial charge in [0.15, 0.2) is 5.82 Å². The zero-order chi connectivity index (χ0) is 14.9. The van der Waals surface area contributed by atoms with E-state index in [4.69, 9.17) is 16.3 Å². The molecule has 2 aromatic heterocycles. The van der Waals surface area contributed by atoms with Gasteiger partial charge >= 0.3 is 6.01 Å². The first-order valence-electron chi connectivity index (χ1n) is 6.69. The summed E-state index contributed by atoms with van der Waals surface area (Å²) in [5.41, 5.74) is 1.18. The molecular weight excluding hydrogens is 290 g/mol. The third-order valence-corrected chi connectivity index (χ3v) is 3.06. The highest BCUT2D eigenvalue weighted by atomic mass is 35.5. The van der Waals surface area contributed by atoms with E-state index in [0.717, 1.165) is 26.1 Å². The van der Waals surface area contributed by atoms with Crippen LogP contribution in [0.25, 0.3) is 0 Å². The minimum Gasteiger partial charge on any atom is -0.467 e. The zero-order valence-corrected chi connectivity index (χ0v) is 12.6.